The fourth-order valence-corrected chi connectivity index (χ4v) is 2.15. The second-order valence-corrected chi connectivity index (χ2v) is 3.99. The number of hydrogen-bond donors (Lipinski definition) is 1. The summed E-state index contributed by atoms with van der Waals surface area (Å²) in [5.41, 5.74) is 7.01. The Bertz CT molecular complexity index is 258. The fraction of sp³-hybridized carbons (Fsp3) is 0.636. The van der Waals surface area contributed by atoms with E-state index in [0.29, 0.717) is 6.04 Å². The van der Waals surface area contributed by atoms with Crippen LogP contribution in [0.3, 0.4) is 0 Å². The van der Waals surface area contributed by atoms with Gasteiger partial charge in [-0.2, -0.15) is 0 Å². The summed E-state index contributed by atoms with van der Waals surface area (Å²) in [6, 6.07) is 2.60. The number of nitrogens with two attached hydrogens (primary N) is 1. The van der Waals surface area contributed by atoms with Crippen molar-refractivity contribution < 1.29 is 4.42 Å². The number of hydrogen-bond acceptors (Lipinski definition) is 3. The molecule has 2 N–H and O–H groups in total. The minimum atomic E-state index is 0.568. The molecule has 0 bridgehead atoms. The van der Waals surface area contributed by atoms with Crippen LogP contribution in [0, 0.1) is 0 Å². The smallest absolute Gasteiger partial charge is 0.0947 e. The maximum Gasteiger partial charge on any atom is 0.0947 e. The summed E-state index contributed by atoms with van der Waals surface area (Å²) in [6.07, 6.45) is 7.42. The van der Waals surface area contributed by atoms with Crippen LogP contribution in [0.25, 0.3) is 0 Å². The van der Waals surface area contributed by atoms with Gasteiger partial charge in [-0.15, -0.1) is 0 Å². The Kier molecular flexibility index (Phi) is 3.22. The molecule has 1 aliphatic heterocycles. The van der Waals surface area contributed by atoms with E-state index >= 15 is 0 Å². The van der Waals surface area contributed by atoms with Gasteiger partial charge in [-0.1, -0.05) is 6.42 Å². The Hall–Kier alpha value is -0.800. The summed E-state index contributed by atoms with van der Waals surface area (Å²) in [4.78, 5) is 2.47. The molecule has 0 amide bonds. The van der Waals surface area contributed by atoms with E-state index in [2.05, 4.69) is 4.90 Å². The normalized spacial score (nSPS) is 23.9. The molecule has 14 heavy (non-hydrogen) atoms. The quantitative estimate of drug-likeness (QED) is 0.794. The van der Waals surface area contributed by atoms with E-state index in [9.17, 15) is 0 Å². The number of nitrogens with zero attached hydrogens (tertiary/aromatic N) is 1. The van der Waals surface area contributed by atoms with Crippen molar-refractivity contribution in [1.29, 1.82) is 0 Å². The van der Waals surface area contributed by atoms with E-state index in [1.165, 1.54) is 31.4 Å². The summed E-state index contributed by atoms with van der Waals surface area (Å²) in [6.45, 7) is 2.93. The highest BCUT2D eigenvalue weighted by atomic mass is 16.3. The van der Waals surface area contributed by atoms with Gasteiger partial charge in [-0.25, -0.2) is 0 Å². The molecule has 0 spiro atoms. The molecule has 0 aromatic carbocycles. The van der Waals surface area contributed by atoms with E-state index in [1.807, 2.05) is 12.3 Å². The third-order valence-corrected chi connectivity index (χ3v) is 2.99. The van der Waals surface area contributed by atoms with Crippen LogP contribution in [0.15, 0.2) is 23.0 Å². The van der Waals surface area contributed by atoms with Crippen LogP contribution < -0.4 is 5.73 Å². The molecule has 0 aliphatic carbocycles. The molecule has 1 fully saturated rings. The van der Waals surface area contributed by atoms with Crippen LogP contribution in [-0.4, -0.2) is 24.0 Å². The van der Waals surface area contributed by atoms with Gasteiger partial charge >= 0.3 is 0 Å². The van der Waals surface area contributed by atoms with Crippen LogP contribution >= 0.6 is 0 Å². The van der Waals surface area contributed by atoms with Crippen molar-refractivity contribution in [2.45, 2.75) is 31.8 Å². The highest BCUT2D eigenvalue weighted by Crippen LogP contribution is 2.18. The first-order valence-corrected chi connectivity index (χ1v) is 5.35. The lowest BCUT2D eigenvalue weighted by molar-refractivity contribution is 0.144. The molecule has 1 atom stereocenters. The molecule has 1 aliphatic rings. The van der Waals surface area contributed by atoms with Gasteiger partial charge in [-0.3, -0.25) is 4.90 Å². The summed E-state index contributed by atoms with van der Waals surface area (Å²) in [7, 11) is 0. The first-order valence-electron chi connectivity index (χ1n) is 5.35. The Morgan fingerprint density at radius 2 is 2.43 bits per heavy atom. The van der Waals surface area contributed by atoms with Gasteiger partial charge in [0.05, 0.1) is 12.5 Å². The highest BCUT2D eigenvalue weighted by molar-refractivity contribution is 5.05. The SMILES string of the molecule is NC[C@@H]1CCCCN1Cc1ccoc1. The number of likely N-dealkylation sites (tertiary alicyclic amines) is 1. The Morgan fingerprint density at radius 1 is 1.50 bits per heavy atom. The van der Waals surface area contributed by atoms with Crippen molar-refractivity contribution in [3.05, 3.63) is 24.2 Å². The van der Waals surface area contributed by atoms with E-state index in [1.54, 1.807) is 6.26 Å². The molecule has 1 saturated heterocycles. The average molecular weight is 194 g/mol. The molecular formula is C11H18N2O. The molecule has 1 aromatic heterocycles. The molecule has 3 heteroatoms. The van der Waals surface area contributed by atoms with Gasteiger partial charge < -0.3 is 10.2 Å². The molecule has 0 radical (unpaired) electrons. The highest BCUT2D eigenvalue weighted by Gasteiger charge is 2.20. The van der Waals surface area contributed by atoms with Gasteiger partial charge in [0.25, 0.3) is 0 Å². The topological polar surface area (TPSA) is 42.4 Å². The Labute approximate surface area is 84.9 Å². The summed E-state index contributed by atoms with van der Waals surface area (Å²) >= 11 is 0. The average Bonchev–Trinajstić information content (AvgIpc) is 2.71. The van der Waals surface area contributed by atoms with Crippen LogP contribution in [0.4, 0.5) is 0 Å². The predicted octanol–water partition coefficient (Wildman–Crippen LogP) is 1.59. The zero-order valence-corrected chi connectivity index (χ0v) is 8.48. The number of piperidine rings is 1. The van der Waals surface area contributed by atoms with E-state index in [0.717, 1.165) is 13.1 Å². The van der Waals surface area contributed by atoms with E-state index < -0.39 is 0 Å². The van der Waals surface area contributed by atoms with Gasteiger partial charge in [0.1, 0.15) is 0 Å². The van der Waals surface area contributed by atoms with Crippen molar-refractivity contribution >= 4 is 0 Å². The molecule has 1 aromatic rings. The standard InChI is InChI=1S/C11H18N2O/c12-7-11-3-1-2-5-13(11)8-10-4-6-14-9-10/h4,6,9,11H,1-3,5,7-8,12H2/t11-/m0/s1. The fourth-order valence-electron chi connectivity index (χ4n) is 2.15. The maximum absolute atomic E-state index is 5.76. The van der Waals surface area contributed by atoms with Gasteiger partial charge in [-0.05, 0) is 25.5 Å². The van der Waals surface area contributed by atoms with Crippen molar-refractivity contribution in [3.8, 4) is 0 Å². The molecule has 2 heterocycles. The largest absolute Gasteiger partial charge is 0.472 e. The number of furan rings is 1. The first kappa shape index (κ1) is 9.74. The summed E-state index contributed by atoms with van der Waals surface area (Å²) in [5.74, 6) is 0. The number of rotatable bonds is 3. The van der Waals surface area contributed by atoms with E-state index in [4.69, 9.17) is 10.2 Å². The molecule has 78 valence electrons. The lowest BCUT2D eigenvalue weighted by Gasteiger charge is -2.34. The summed E-state index contributed by atoms with van der Waals surface area (Å²) < 4.78 is 5.07. The van der Waals surface area contributed by atoms with Gasteiger partial charge in [0, 0.05) is 24.7 Å². The van der Waals surface area contributed by atoms with Crippen molar-refractivity contribution in [1.82, 2.24) is 4.90 Å². The zero-order valence-electron chi connectivity index (χ0n) is 8.48. The molecule has 0 saturated carbocycles. The minimum Gasteiger partial charge on any atom is -0.472 e. The molecule has 3 nitrogen and oxygen atoms in total. The Balaban J connectivity index is 1.94. The lowest BCUT2D eigenvalue weighted by Crippen LogP contribution is -2.43. The van der Waals surface area contributed by atoms with Crippen LogP contribution in [-0.2, 0) is 6.54 Å². The molecular weight excluding hydrogens is 176 g/mol. The zero-order chi connectivity index (χ0) is 9.80. The Morgan fingerprint density at radius 3 is 3.14 bits per heavy atom. The second kappa shape index (κ2) is 4.62. The minimum absolute atomic E-state index is 0.568. The predicted molar refractivity (Wildman–Crippen MR) is 55.8 cm³/mol. The third kappa shape index (κ3) is 2.16. The monoisotopic (exact) mass is 194 g/mol. The van der Waals surface area contributed by atoms with Crippen molar-refractivity contribution in [3.63, 3.8) is 0 Å². The second-order valence-electron chi connectivity index (χ2n) is 3.99. The molecule has 2 rings (SSSR count). The van der Waals surface area contributed by atoms with Crippen LogP contribution in [0.5, 0.6) is 0 Å². The van der Waals surface area contributed by atoms with E-state index in [-0.39, 0.29) is 0 Å². The maximum atomic E-state index is 5.76. The third-order valence-electron chi connectivity index (χ3n) is 2.99. The van der Waals surface area contributed by atoms with Gasteiger partial charge in [0.2, 0.25) is 0 Å². The first-order chi connectivity index (χ1) is 6.90. The van der Waals surface area contributed by atoms with Crippen LogP contribution in [0.2, 0.25) is 0 Å². The van der Waals surface area contributed by atoms with Crippen LogP contribution in [0.1, 0.15) is 24.8 Å². The summed E-state index contributed by atoms with van der Waals surface area (Å²) in [5, 5.41) is 0. The molecule has 0 unspecified atom stereocenters. The lowest BCUT2D eigenvalue weighted by atomic mass is 10.0. The van der Waals surface area contributed by atoms with Crippen molar-refractivity contribution in [2.24, 2.45) is 5.73 Å². The van der Waals surface area contributed by atoms with Crippen molar-refractivity contribution in [2.75, 3.05) is 13.1 Å². The van der Waals surface area contributed by atoms with Gasteiger partial charge in [0.15, 0.2) is 0 Å².